The fourth-order valence-corrected chi connectivity index (χ4v) is 5.44. The van der Waals surface area contributed by atoms with Crippen molar-refractivity contribution in [1.29, 1.82) is 0 Å². The summed E-state index contributed by atoms with van der Waals surface area (Å²) in [6.45, 7) is 5.21. The molecule has 0 saturated heterocycles. The van der Waals surface area contributed by atoms with Gasteiger partial charge in [-0.15, -0.1) is 0 Å². The number of allylic oxidation sites excluding steroid dienone is 4. The molecule has 0 atom stereocenters. The molecule has 0 radical (unpaired) electrons. The minimum absolute atomic E-state index is 0.134. The van der Waals surface area contributed by atoms with E-state index in [1.165, 1.54) is 0 Å². The van der Waals surface area contributed by atoms with Crippen LogP contribution in [0.3, 0.4) is 0 Å². The van der Waals surface area contributed by atoms with Crippen LogP contribution in [0.4, 0.5) is 0 Å². The molecule has 0 spiro atoms. The quantitative estimate of drug-likeness (QED) is 0.645. The first-order valence-electron chi connectivity index (χ1n) is 10.8. The number of rotatable bonds is 5. The lowest BCUT2D eigenvalue weighted by molar-refractivity contribution is -0.117. The Labute approximate surface area is 182 Å². The molecule has 0 bridgehead atoms. The number of carbonyl (C=O) groups excluding carboxylic acids is 2. The fraction of sp³-hybridized carbons (Fsp3) is 0.500. The molecule has 5 nitrogen and oxygen atoms in total. The summed E-state index contributed by atoms with van der Waals surface area (Å²) in [4.78, 5) is 28.6. The lowest BCUT2D eigenvalue weighted by atomic mass is 9.71. The summed E-state index contributed by atoms with van der Waals surface area (Å²) in [7, 11) is 1.56. The average Bonchev–Trinajstić information content (AvgIpc) is 2.72. The molecule has 2 aliphatic carbocycles. The molecule has 30 heavy (non-hydrogen) atoms. The van der Waals surface area contributed by atoms with Crippen LogP contribution < -0.4 is 9.47 Å². The highest BCUT2D eigenvalue weighted by molar-refractivity contribution is 6.32. The molecule has 0 unspecified atom stereocenters. The third-order valence-corrected chi connectivity index (χ3v) is 6.55. The zero-order chi connectivity index (χ0) is 21.4. The van der Waals surface area contributed by atoms with Crippen molar-refractivity contribution in [2.45, 2.75) is 58.3 Å². The number of hydrogen-bond acceptors (Lipinski definition) is 5. The van der Waals surface area contributed by atoms with E-state index in [0.717, 1.165) is 60.3 Å². The second-order valence-electron chi connectivity index (χ2n) is 7.92. The van der Waals surface area contributed by atoms with Gasteiger partial charge in [0.1, 0.15) is 0 Å². The zero-order valence-corrected chi connectivity index (χ0v) is 18.6. The van der Waals surface area contributed by atoms with Gasteiger partial charge in [-0.3, -0.25) is 9.59 Å². The summed E-state index contributed by atoms with van der Waals surface area (Å²) in [5.74, 6) is 0.892. The minimum atomic E-state index is -0.388. The highest BCUT2D eigenvalue weighted by Gasteiger charge is 2.43. The van der Waals surface area contributed by atoms with E-state index in [9.17, 15) is 9.59 Å². The predicted molar refractivity (Wildman–Crippen MR) is 116 cm³/mol. The average molecular weight is 430 g/mol. The van der Waals surface area contributed by atoms with Crippen molar-refractivity contribution in [2.24, 2.45) is 0 Å². The van der Waals surface area contributed by atoms with Crippen molar-refractivity contribution < 1.29 is 19.1 Å². The van der Waals surface area contributed by atoms with E-state index in [1.54, 1.807) is 7.11 Å². The van der Waals surface area contributed by atoms with Gasteiger partial charge in [0.05, 0.1) is 18.7 Å². The number of halogens is 1. The van der Waals surface area contributed by atoms with Crippen molar-refractivity contribution in [3.8, 4) is 11.5 Å². The van der Waals surface area contributed by atoms with Gasteiger partial charge in [0, 0.05) is 47.8 Å². The van der Waals surface area contributed by atoms with E-state index in [-0.39, 0.29) is 17.5 Å². The number of carbonyl (C=O) groups is 2. The number of nitrogens with zero attached hydrogens (tertiary/aromatic N) is 1. The fourth-order valence-electron chi connectivity index (χ4n) is 5.15. The maximum atomic E-state index is 13.2. The Morgan fingerprint density at radius 3 is 2.10 bits per heavy atom. The Balaban J connectivity index is 1.97. The van der Waals surface area contributed by atoms with Crippen LogP contribution in [0.5, 0.6) is 11.5 Å². The molecule has 1 aliphatic heterocycles. The van der Waals surface area contributed by atoms with E-state index in [2.05, 4.69) is 11.8 Å². The number of benzene rings is 1. The maximum Gasteiger partial charge on any atom is 0.179 e. The second-order valence-corrected chi connectivity index (χ2v) is 8.33. The molecule has 4 rings (SSSR count). The zero-order valence-electron chi connectivity index (χ0n) is 17.8. The SMILES string of the molecule is CCOc1cc(C2C3=C(CCCC3=O)N(CC)C3=C2C(=O)CCC3)cc(Cl)c1OC. The van der Waals surface area contributed by atoms with Crippen LogP contribution >= 0.6 is 11.6 Å². The van der Waals surface area contributed by atoms with Gasteiger partial charge in [0.15, 0.2) is 23.1 Å². The molecule has 0 amide bonds. The van der Waals surface area contributed by atoms with Crippen molar-refractivity contribution in [1.82, 2.24) is 4.90 Å². The molecule has 160 valence electrons. The van der Waals surface area contributed by atoms with E-state index in [0.29, 0.717) is 36.0 Å². The van der Waals surface area contributed by atoms with Gasteiger partial charge in [-0.25, -0.2) is 0 Å². The van der Waals surface area contributed by atoms with Gasteiger partial charge in [0.25, 0.3) is 0 Å². The van der Waals surface area contributed by atoms with E-state index >= 15 is 0 Å². The summed E-state index contributed by atoms with van der Waals surface area (Å²) in [6.07, 6.45) is 4.46. The van der Waals surface area contributed by atoms with Crippen molar-refractivity contribution in [3.63, 3.8) is 0 Å². The van der Waals surface area contributed by atoms with Crippen LogP contribution in [0.1, 0.15) is 63.9 Å². The van der Waals surface area contributed by atoms with Crippen LogP contribution in [0, 0.1) is 0 Å². The standard InChI is InChI=1S/C24H28ClNO4/c1-4-26-16-8-6-10-18(27)22(16)21(23-17(26)9-7-11-19(23)28)14-12-15(25)24(29-3)20(13-14)30-5-2/h12-13,21H,4-11H2,1-3H3. The number of hydrogen-bond donors (Lipinski definition) is 0. The lowest BCUT2D eigenvalue weighted by Gasteiger charge is -2.43. The van der Waals surface area contributed by atoms with E-state index in [4.69, 9.17) is 21.1 Å². The molecule has 0 fully saturated rings. The smallest absolute Gasteiger partial charge is 0.179 e. The van der Waals surface area contributed by atoms with Gasteiger partial charge in [-0.2, -0.15) is 0 Å². The molecule has 1 aromatic rings. The maximum absolute atomic E-state index is 13.2. The van der Waals surface area contributed by atoms with Crippen LogP contribution in [0.2, 0.25) is 5.02 Å². The first kappa shape index (κ1) is 21.0. The molecule has 1 aromatic carbocycles. The Morgan fingerprint density at radius 2 is 1.60 bits per heavy atom. The summed E-state index contributed by atoms with van der Waals surface area (Å²) in [6, 6.07) is 3.72. The predicted octanol–water partition coefficient (Wildman–Crippen LogP) is 5.18. The molecule has 0 saturated carbocycles. The summed E-state index contributed by atoms with van der Waals surface area (Å²) in [5, 5.41) is 0.423. The second kappa shape index (κ2) is 8.46. The number of ether oxygens (including phenoxy) is 2. The van der Waals surface area contributed by atoms with E-state index < -0.39 is 0 Å². The molecule has 0 N–H and O–H groups in total. The monoisotopic (exact) mass is 429 g/mol. The van der Waals surface area contributed by atoms with Gasteiger partial charge in [-0.05, 0) is 57.2 Å². The van der Waals surface area contributed by atoms with Crippen LogP contribution in [0.15, 0.2) is 34.7 Å². The minimum Gasteiger partial charge on any atom is -0.491 e. The molecular weight excluding hydrogens is 402 g/mol. The van der Waals surface area contributed by atoms with E-state index in [1.807, 2.05) is 19.1 Å². The third kappa shape index (κ3) is 3.33. The molecule has 0 aromatic heterocycles. The van der Waals surface area contributed by atoms with Crippen molar-refractivity contribution in [2.75, 3.05) is 20.3 Å². The van der Waals surface area contributed by atoms with Gasteiger partial charge >= 0.3 is 0 Å². The van der Waals surface area contributed by atoms with Crippen LogP contribution in [-0.2, 0) is 9.59 Å². The van der Waals surface area contributed by atoms with Crippen molar-refractivity contribution in [3.05, 3.63) is 45.3 Å². The number of ketones is 2. The number of methoxy groups -OCH3 is 1. The molecule has 1 heterocycles. The Morgan fingerprint density at radius 1 is 1.00 bits per heavy atom. The highest BCUT2D eigenvalue weighted by Crippen LogP contribution is 2.50. The highest BCUT2D eigenvalue weighted by atomic mass is 35.5. The molecular formula is C24H28ClNO4. The normalized spacial score (nSPS) is 19.8. The van der Waals surface area contributed by atoms with Gasteiger partial charge in [0.2, 0.25) is 0 Å². The van der Waals surface area contributed by atoms with Crippen LogP contribution in [-0.4, -0.2) is 36.7 Å². The van der Waals surface area contributed by atoms with Crippen LogP contribution in [0.25, 0.3) is 0 Å². The lowest BCUT2D eigenvalue weighted by Crippen LogP contribution is -2.39. The molecule has 3 aliphatic rings. The largest absolute Gasteiger partial charge is 0.491 e. The Kier molecular flexibility index (Phi) is 5.92. The molecule has 6 heteroatoms. The van der Waals surface area contributed by atoms with Gasteiger partial charge < -0.3 is 14.4 Å². The Hall–Kier alpha value is -2.27. The van der Waals surface area contributed by atoms with Crippen molar-refractivity contribution >= 4 is 23.2 Å². The first-order chi connectivity index (χ1) is 14.5. The Bertz CT molecular complexity index is 918. The summed E-state index contributed by atoms with van der Waals surface area (Å²) < 4.78 is 11.2. The summed E-state index contributed by atoms with van der Waals surface area (Å²) >= 11 is 6.55. The third-order valence-electron chi connectivity index (χ3n) is 6.27. The topological polar surface area (TPSA) is 55.8 Å². The number of Topliss-reactive ketones (excluding diaryl/α,β-unsaturated/α-hetero) is 2. The first-order valence-corrected chi connectivity index (χ1v) is 11.2. The summed E-state index contributed by atoms with van der Waals surface area (Å²) in [5.41, 5.74) is 4.52. The van der Waals surface area contributed by atoms with Gasteiger partial charge in [-0.1, -0.05) is 11.6 Å².